The van der Waals surface area contributed by atoms with Crippen molar-refractivity contribution in [2.45, 2.75) is 13.0 Å². The first kappa shape index (κ1) is 17.6. The molecule has 0 aliphatic rings. The number of carbonyl (C=O) groups is 2. The molecule has 7 heteroatoms. The van der Waals surface area contributed by atoms with Gasteiger partial charge in [-0.25, -0.2) is 14.3 Å². The molecular formula is C19H20N4O3. The van der Waals surface area contributed by atoms with Crippen molar-refractivity contribution in [3.63, 3.8) is 0 Å². The van der Waals surface area contributed by atoms with Crippen LogP contribution in [0.1, 0.15) is 16.8 Å². The third-order valence-corrected chi connectivity index (χ3v) is 3.90. The van der Waals surface area contributed by atoms with E-state index in [0.29, 0.717) is 24.1 Å². The number of nitrogens with zero attached hydrogens (tertiary/aromatic N) is 2. The summed E-state index contributed by atoms with van der Waals surface area (Å²) < 4.78 is 6.02. The summed E-state index contributed by atoms with van der Waals surface area (Å²) in [6.07, 6.45) is -0.403. The van der Waals surface area contributed by atoms with Crippen molar-refractivity contribution in [2.24, 2.45) is 0 Å². The number of methoxy groups -OCH3 is 1. The van der Waals surface area contributed by atoms with Crippen molar-refractivity contribution >= 4 is 29.0 Å². The van der Waals surface area contributed by atoms with Gasteiger partial charge in [0.15, 0.2) is 0 Å². The van der Waals surface area contributed by atoms with Gasteiger partial charge in [-0.2, -0.15) is 0 Å². The Morgan fingerprint density at radius 1 is 1.08 bits per heavy atom. The van der Waals surface area contributed by atoms with Crippen LogP contribution < -0.4 is 10.6 Å². The number of aromatic nitrogens is 2. The number of imidazole rings is 1. The van der Waals surface area contributed by atoms with Crippen LogP contribution in [0.5, 0.6) is 0 Å². The van der Waals surface area contributed by atoms with Crippen molar-refractivity contribution in [1.29, 1.82) is 0 Å². The Labute approximate surface area is 151 Å². The van der Waals surface area contributed by atoms with E-state index in [9.17, 15) is 9.59 Å². The molecule has 0 saturated heterocycles. The van der Waals surface area contributed by atoms with Gasteiger partial charge in [-0.15, -0.1) is 0 Å². The third-order valence-electron chi connectivity index (χ3n) is 3.90. The average molecular weight is 352 g/mol. The smallest absolute Gasteiger partial charge is 0.413 e. The Morgan fingerprint density at radius 3 is 2.58 bits per heavy atom. The van der Waals surface area contributed by atoms with Gasteiger partial charge < -0.3 is 10.1 Å². The molecule has 2 N–H and O–H groups in total. The van der Waals surface area contributed by atoms with Crippen LogP contribution in [-0.2, 0) is 11.3 Å². The Bertz CT molecular complexity index is 906. The summed E-state index contributed by atoms with van der Waals surface area (Å²) in [4.78, 5) is 28.6. The fourth-order valence-corrected chi connectivity index (χ4v) is 2.64. The predicted octanol–water partition coefficient (Wildman–Crippen LogP) is 3.03. The standard InChI is InChI=1S/C19H20N4O3/c1-26-19(25)22-18-21-15-9-5-6-10-16(15)23(18)17(24)11-12-20-13-14-7-3-2-4-8-14/h2-10,20H,11-13H2,1H3,(H,21,22,25). The van der Waals surface area contributed by atoms with Crippen LogP contribution in [0.25, 0.3) is 11.0 Å². The zero-order valence-electron chi connectivity index (χ0n) is 14.4. The third kappa shape index (κ3) is 4.07. The van der Waals surface area contributed by atoms with Gasteiger partial charge in [-0.05, 0) is 17.7 Å². The fraction of sp³-hybridized carbons (Fsp3) is 0.211. The highest BCUT2D eigenvalue weighted by Crippen LogP contribution is 2.20. The monoisotopic (exact) mass is 352 g/mol. The molecule has 3 aromatic rings. The molecule has 0 radical (unpaired) electrons. The molecule has 0 spiro atoms. The Balaban J connectivity index is 1.70. The lowest BCUT2D eigenvalue weighted by Crippen LogP contribution is -2.23. The van der Waals surface area contributed by atoms with Gasteiger partial charge in [0, 0.05) is 19.5 Å². The number of ether oxygens (including phenoxy) is 1. The summed E-state index contributed by atoms with van der Waals surface area (Å²) in [7, 11) is 1.26. The number of para-hydroxylation sites is 2. The minimum absolute atomic E-state index is 0.158. The van der Waals surface area contributed by atoms with Gasteiger partial charge >= 0.3 is 6.09 Å². The number of anilines is 1. The second-order valence-electron chi connectivity index (χ2n) is 5.68. The zero-order valence-corrected chi connectivity index (χ0v) is 14.4. The topological polar surface area (TPSA) is 85.2 Å². The number of carbonyl (C=O) groups excluding carboxylic acids is 2. The Hall–Kier alpha value is -3.19. The van der Waals surface area contributed by atoms with Crippen LogP contribution in [0.15, 0.2) is 54.6 Å². The molecule has 134 valence electrons. The number of nitrogens with one attached hydrogen (secondary N) is 2. The number of fused-ring (bicyclic) bond motifs is 1. The van der Waals surface area contributed by atoms with Crippen molar-refractivity contribution in [3.8, 4) is 0 Å². The van der Waals surface area contributed by atoms with Crippen molar-refractivity contribution < 1.29 is 14.3 Å². The van der Waals surface area contributed by atoms with Crippen LogP contribution in [0.2, 0.25) is 0 Å². The summed E-state index contributed by atoms with van der Waals surface area (Å²) in [6.45, 7) is 1.20. The number of hydrogen-bond acceptors (Lipinski definition) is 5. The Morgan fingerprint density at radius 2 is 1.81 bits per heavy atom. The summed E-state index contributed by atoms with van der Waals surface area (Å²) in [5, 5.41) is 5.74. The summed E-state index contributed by atoms with van der Waals surface area (Å²) >= 11 is 0. The van der Waals surface area contributed by atoms with E-state index in [0.717, 1.165) is 5.56 Å². The first-order chi connectivity index (χ1) is 12.7. The molecule has 1 heterocycles. The zero-order chi connectivity index (χ0) is 18.4. The summed E-state index contributed by atoms with van der Waals surface area (Å²) in [5.74, 6) is -0.00299. The molecule has 0 aliphatic carbocycles. The van der Waals surface area contributed by atoms with Crippen LogP contribution in [0, 0.1) is 0 Å². The number of amides is 1. The minimum Gasteiger partial charge on any atom is -0.453 e. The molecule has 0 atom stereocenters. The molecule has 2 aromatic carbocycles. The van der Waals surface area contributed by atoms with Crippen LogP contribution in [0.4, 0.5) is 10.7 Å². The second kappa shape index (κ2) is 8.26. The first-order valence-corrected chi connectivity index (χ1v) is 8.29. The predicted molar refractivity (Wildman–Crippen MR) is 99.2 cm³/mol. The molecular weight excluding hydrogens is 332 g/mol. The SMILES string of the molecule is COC(=O)Nc1nc2ccccc2n1C(=O)CCNCc1ccccc1. The molecule has 0 aliphatic heterocycles. The quantitative estimate of drug-likeness (QED) is 0.666. The summed E-state index contributed by atoms with van der Waals surface area (Å²) in [6, 6.07) is 17.2. The van der Waals surface area contributed by atoms with Crippen molar-refractivity contribution in [1.82, 2.24) is 14.9 Å². The van der Waals surface area contributed by atoms with E-state index >= 15 is 0 Å². The van der Waals surface area contributed by atoms with Gasteiger partial charge in [0.25, 0.3) is 0 Å². The number of hydrogen-bond donors (Lipinski definition) is 2. The van der Waals surface area contributed by atoms with E-state index < -0.39 is 6.09 Å². The molecule has 1 aromatic heterocycles. The number of rotatable bonds is 6. The molecule has 3 rings (SSSR count). The lowest BCUT2D eigenvalue weighted by atomic mass is 10.2. The molecule has 1 amide bonds. The van der Waals surface area contributed by atoms with E-state index in [4.69, 9.17) is 0 Å². The van der Waals surface area contributed by atoms with E-state index in [1.165, 1.54) is 11.7 Å². The molecule has 0 fully saturated rings. The highest BCUT2D eigenvalue weighted by Gasteiger charge is 2.18. The highest BCUT2D eigenvalue weighted by molar-refractivity contribution is 5.96. The molecule has 0 bridgehead atoms. The van der Waals surface area contributed by atoms with Gasteiger partial charge in [-0.1, -0.05) is 42.5 Å². The van der Waals surface area contributed by atoms with Gasteiger partial charge in [-0.3, -0.25) is 10.1 Å². The Kier molecular flexibility index (Phi) is 5.60. The highest BCUT2D eigenvalue weighted by atomic mass is 16.5. The van der Waals surface area contributed by atoms with Gasteiger partial charge in [0.2, 0.25) is 11.9 Å². The molecule has 26 heavy (non-hydrogen) atoms. The maximum atomic E-state index is 12.7. The van der Waals surface area contributed by atoms with Crippen molar-refractivity contribution in [3.05, 3.63) is 60.2 Å². The molecule has 7 nitrogen and oxygen atoms in total. The molecule has 0 saturated carbocycles. The maximum absolute atomic E-state index is 12.7. The number of benzene rings is 2. The average Bonchev–Trinajstić information content (AvgIpc) is 3.03. The molecule has 0 unspecified atom stereocenters. The summed E-state index contributed by atoms with van der Waals surface area (Å²) in [5.41, 5.74) is 2.43. The fourth-order valence-electron chi connectivity index (χ4n) is 2.64. The lowest BCUT2D eigenvalue weighted by Gasteiger charge is -2.09. The lowest BCUT2D eigenvalue weighted by molar-refractivity contribution is 0.0910. The maximum Gasteiger partial charge on any atom is 0.413 e. The van der Waals surface area contributed by atoms with Crippen LogP contribution in [-0.4, -0.2) is 35.2 Å². The van der Waals surface area contributed by atoms with Crippen molar-refractivity contribution in [2.75, 3.05) is 19.0 Å². The van der Waals surface area contributed by atoms with Gasteiger partial charge in [0.05, 0.1) is 18.1 Å². The van der Waals surface area contributed by atoms with Crippen LogP contribution >= 0.6 is 0 Å². The van der Waals surface area contributed by atoms with Crippen LogP contribution in [0.3, 0.4) is 0 Å². The minimum atomic E-state index is -0.670. The van der Waals surface area contributed by atoms with Gasteiger partial charge in [0.1, 0.15) is 0 Å². The van der Waals surface area contributed by atoms with E-state index in [2.05, 4.69) is 20.4 Å². The van der Waals surface area contributed by atoms with E-state index in [1.54, 1.807) is 12.1 Å². The van der Waals surface area contributed by atoms with E-state index in [1.807, 2.05) is 42.5 Å². The second-order valence-corrected chi connectivity index (χ2v) is 5.68. The first-order valence-electron chi connectivity index (χ1n) is 8.29. The normalized spacial score (nSPS) is 10.7. The van der Waals surface area contributed by atoms with E-state index in [-0.39, 0.29) is 18.3 Å². The largest absolute Gasteiger partial charge is 0.453 e.